The maximum Gasteiger partial charge on any atom is 0.0480 e. The van der Waals surface area contributed by atoms with Gasteiger partial charge in [-0.1, -0.05) is 43.6 Å². The second kappa shape index (κ2) is 7.78. The van der Waals surface area contributed by atoms with E-state index in [0.717, 1.165) is 36.8 Å². The number of nitrogens with zero attached hydrogens (tertiary/aromatic N) is 1. The van der Waals surface area contributed by atoms with Gasteiger partial charge in [0.2, 0.25) is 0 Å². The topological polar surface area (TPSA) is 15.3 Å². The van der Waals surface area contributed by atoms with E-state index in [1.54, 1.807) is 0 Å². The zero-order valence-electron chi connectivity index (χ0n) is 12.0. The zero-order valence-corrected chi connectivity index (χ0v) is 12.7. The average molecular weight is 269 g/mol. The Balaban J connectivity index is 2.35. The van der Waals surface area contributed by atoms with Crippen molar-refractivity contribution in [3.63, 3.8) is 0 Å². The van der Waals surface area contributed by atoms with Crippen molar-refractivity contribution in [1.29, 1.82) is 0 Å². The van der Waals surface area contributed by atoms with Gasteiger partial charge in [0.1, 0.15) is 0 Å². The molecule has 0 aliphatic rings. The third-order valence-corrected chi connectivity index (χ3v) is 3.48. The van der Waals surface area contributed by atoms with Crippen LogP contribution in [-0.4, -0.2) is 31.6 Å². The lowest BCUT2D eigenvalue weighted by Gasteiger charge is -2.18. The molecular weight excluding hydrogens is 244 g/mol. The minimum atomic E-state index is 0.710. The number of hydrogen-bond acceptors (Lipinski definition) is 2. The second-order valence-corrected chi connectivity index (χ2v) is 5.76. The fraction of sp³-hybridized carbons (Fsp3) is 0.600. The molecule has 1 rings (SSSR count). The van der Waals surface area contributed by atoms with E-state index in [4.69, 9.17) is 11.6 Å². The standard InChI is InChI=1S/C15H25ClN2/c1-12(2)10-17-8-9-18(4)11-14-7-5-6-13(3)15(14)16/h5-7,12,17H,8-11H2,1-4H3. The van der Waals surface area contributed by atoms with E-state index in [2.05, 4.69) is 56.2 Å². The molecule has 0 saturated heterocycles. The van der Waals surface area contributed by atoms with Gasteiger partial charge in [-0.3, -0.25) is 0 Å². The van der Waals surface area contributed by atoms with E-state index >= 15 is 0 Å². The quantitative estimate of drug-likeness (QED) is 0.763. The first kappa shape index (κ1) is 15.5. The second-order valence-electron chi connectivity index (χ2n) is 5.38. The molecule has 0 aliphatic carbocycles. The number of rotatable bonds is 7. The van der Waals surface area contributed by atoms with Crippen LogP contribution in [0.25, 0.3) is 0 Å². The number of nitrogens with one attached hydrogen (secondary N) is 1. The van der Waals surface area contributed by atoms with E-state index in [-0.39, 0.29) is 0 Å². The van der Waals surface area contributed by atoms with E-state index in [1.807, 2.05) is 0 Å². The highest BCUT2D eigenvalue weighted by atomic mass is 35.5. The fourth-order valence-corrected chi connectivity index (χ4v) is 2.05. The van der Waals surface area contributed by atoms with Gasteiger partial charge in [-0.15, -0.1) is 0 Å². The Morgan fingerprint density at radius 2 is 2.06 bits per heavy atom. The van der Waals surface area contributed by atoms with Crippen molar-refractivity contribution < 1.29 is 0 Å². The first-order valence-electron chi connectivity index (χ1n) is 6.64. The van der Waals surface area contributed by atoms with E-state index in [1.165, 1.54) is 5.56 Å². The highest BCUT2D eigenvalue weighted by Crippen LogP contribution is 2.21. The number of hydrogen-bond donors (Lipinski definition) is 1. The Morgan fingerprint density at radius 1 is 1.33 bits per heavy atom. The molecule has 3 heteroatoms. The molecule has 0 aliphatic heterocycles. The van der Waals surface area contributed by atoms with Crippen molar-refractivity contribution in [2.75, 3.05) is 26.7 Å². The Hall–Kier alpha value is -0.570. The van der Waals surface area contributed by atoms with Crippen LogP contribution in [-0.2, 0) is 6.54 Å². The van der Waals surface area contributed by atoms with E-state index in [9.17, 15) is 0 Å². The first-order chi connectivity index (χ1) is 8.50. The molecule has 0 heterocycles. The number of aryl methyl sites for hydroxylation is 1. The van der Waals surface area contributed by atoms with E-state index in [0.29, 0.717) is 5.92 Å². The Kier molecular flexibility index (Phi) is 6.69. The first-order valence-corrected chi connectivity index (χ1v) is 7.01. The van der Waals surface area contributed by atoms with Crippen LogP contribution in [0.3, 0.4) is 0 Å². The minimum Gasteiger partial charge on any atom is -0.315 e. The van der Waals surface area contributed by atoms with Crippen LogP contribution in [0.15, 0.2) is 18.2 Å². The van der Waals surface area contributed by atoms with Gasteiger partial charge in [-0.25, -0.2) is 0 Å². The maximum atomic E-state index is 6.30. The normalized spacial score (nSPS) is 11.5. The van der Waals surface area contributed by atoms with Crippen LogP contribution in [0.4, 0.5) is 0 Å². The summed E-state index contributed by atoms with van der Waals surface area (Å²) in [6.07, 6.45) is 0. The lowest BCUT2D eigenvalue weighted by atomic mass is 10.1. The van der Waals surface area contributed by atoms with Gasteiger partial charge < -0.3 is 10.2 Å². The summed E-state index contributed by atoms with van der Waals surface area (Å²) in [6.45, 7) is 10.6. The van der Waals surface area contributed by atoms with Crippen molar-refractivity contribution in [2.45, 2.75) is 27.3 Å². The molecule has 0 unspecified atom stereocenters. The summed E-state index contributed by atoms with van der Waals surface area (Å²) in [7, 11) is 2.13. The van der Waals surface area contributed by atoms with Crippen LogP contribution < -0.4 is 5.32 Å². The van der Waals surface area contributed by atoms with Crippen LogP contribution >= 0.6 is 11.6 Å². The Bertz CT molecular complexity index is 364. The minimum absolute atomic E-state index is 0.710. The van der Waals surface area contributed by atoms with Gasteiger partial charge in [-0.2, -0.15) is 0 Å². The van der Waals surface area contributed by atoms with Crippen LogP contribution in [0.1, 0.15) is 25.0 Å². The van der Waals surface area contributed by atoms with Crippen LogP contribution in [0.5, 0.6) is 0 Å². The van der Waals surface area contributed by atoms with E-state index < -0.39 is 0 Å². The molecule has 0 radical (unpaired) electrons. The summed E-state index contributed by atoms with van der Waals surface area (Å²) < 4.78 is 0. The SMILES string of the molecule is Cc1cccc(CN(C)CCNCC(C)C)c1Cl. The highest BCUT2D eigenvalue weighted by Gasteiger charge is 2.05. The molecular formula is C15H25ClN2. The van der Waals surface area contributed by atoms with Gasteiger partial charge in [0.05, 0.1) is 0 Å². The Labute approximate surface area is 116 Å². The largest absolute Gasteiger partial charge is 0.315 e. The summed E-state index contributed by atoms with van der Waals surface area (Å²) in [4.78, 5) is 2.30. The predicted octanol–water partition coefficient (Wildman–Crippen LogP) is 3.33. The van der Waals surface area contributed by atoms with Crippen molar-refractivity contribution in [3.05, 3.63) is 34.3 Å². The van der Waals surface area contributed by atoms with Gasteiger partial charge >= 0.3 is 0 Å². The molecule has 0 saturated carbocycles. The summed E-state index contributed by atoms with van der Waals surface area (Å²) in [5.41, 5.74) is 2.36. The van der Waals surface area contributed by atoms with Crippen LogP contribution in [0.2, 0.25) is 5.02 Å². The third-order valence-electron chi connectivity index (χ3n) is 2.93. The molecule has 0 fully saturated rings. The average Bonchev–Trinajstić information content (AvgIpc) is 2.30. The number of benzene rings is 1. The van der Waals surface area contributed by atoms with Crippen molar-refractivity contribution in [2.24, 2.45) is 5.92 Å². The predicted molar refractivity (Wildman–Crippen MR) is 80.2 cm³/mol. The molecule has 2 nitrogen and oxygen atoms in total. The monoisotopic (exact) mass is 268 g/mol. The summed E-state index contributed by atoms with van der Waals surface area (Å²) >= 11 is 6.30. The van der Waals surface area contributed by atoms with Gasteiger partial charge in [-0.05, 0) is 37.6 Å². The van der Waals surface area contributed by atoms with Gasteiger partial charge in [0.15, 0.2) is 0 Å². The summed E-state index contributed by atoms with van der Waals surface area (Å²) in [5, 5.41) is 4.36. The lowest BCUT2D eigenvalue weighted by molar-refractivity contribution is 0.321. The van der Waals surface area contributed by atoms with Crippen molar-refractivity contribution >= 4 is 11.6 Å². The summed E-state index contributed by atoms with van der Waals surface area (Å²) in [6, 6.07) is 6.23. The molecule has 1 aromatic carbocycles. The molecule has 18 heavy (non-hydrogen) atoms. The zero-order chi connectivity index (χ0) is 13.5. The van der Waals surface area contributed by atoms with Crippen LogP contribution in [0, 0.1) is 12.8 Å². The van der Waals surface area contributed by atoms with Crippen molar-refractivity contribution in [3.8, 4) is 0 Å². The molecule has 0 bridgehead atoms. The van der Waals surface area contributed by atoms with Gasteiger partial charge in [0, 0.05) is 24.7 Å². The summed E-state index contributed by atoms with van der Waals surface area (Å²) in [5.74, 6) is 0.710. The molecule has 1 N–H and O–H groups in total. The van der Waals surface area contributed by atoms with Gasteiger partial charge in [0.25, 0.3) is 0 Å². The maximum absolute atomic E-state index is 6.30. The molecule has 0 aromatic heterocycles. The highest BCUT2D eigenvalue weighted by molar-refractivity contribution is 6.32. The molecule has 0 spiro atoms. The molecule has 0 atom stereocenters. The number of likely N-dealkylation sites (N-methyl/N-ethyl adjacent to an activating group) is 1. The fourth-order valence-electron chi connectivity index (χ4n) is 1.86. The molecule has 102 valence electrons. The Morgan fingerprint density at radius 3 is 2.72 bits per heavy atom. The molecule has 1 aromatic rings. The molecule has 0 amide bonds. The smallest absolute Gasteiger partial charge is 0.0480 e. The lowest BCUT2D eigenvalue weighted by Crippen LogP contribution is -2.30. The third kappa shape index (κ3) is 5.38. The van der Waals surface area contributed by atoms with Crippen molar-refractivity contribution in [1.82, 2.24) is 10.2 Å². The number of halogens is 1.